The molecule has 0 aliphatic heterocycles. The highest BCUT2D eigenvalue weighted by Gasteiger charge is 2.34. The average Bonchev–Trinajstić information content (AvgIpc) is 2.86. The van der Waals surface area contributed by atoms with Crippen molar-refractivity contribution in [2.24, 2.45) is 0 Å². The van der Waals surface area contributed by atoms with E-state index in [0.717, 1.165) is 21.0 Å². The average molecular weight is 550 g/mol. The molecule has 1 N–H and O–H groups in total. The molecule has 0 heterocycles. The molecule has 3 aromatic rings. The molecule has 0 bridgehead atoms. The second-order valence-electron chi connectivity index (χ2n) is 10.8. The van der Waals surface area contributed by atoms with Crippen molar-refractivity contribution in [2.75, 3.05) is 10.8 Å². The Morgan fingerprint density at radius 3 is 2.05 bits per heavy atom. The second-order valence-corrected chi connectivity index (χ2v) is 12.7. The van der Waals surface area contributed by atoms with Gasteiger partial charge in [0.1, 0.15) is 12.6 Å². The fourth-order valence-electron chi connectivity index (χ4n) is 4.41. The number of benzene rings is 3. The number of hydrogen-bond donors (Lipinski definition) is 1. The lowest BCUT2D eigenvalue weighted by Gasteiger charge is -2.35. The van der Waals surface area contributed by atoms with E-state index >= 15 is 0 Å². The number of nitrogens with one attached hydrogen (secondary N) is 1. The lowest BCUT2D eigenvalue weighted by atomic mass is 10.0. The van der Waals surface area contributed by atoms with Crippen LogP contribution in [0.4, 0.5) is 5.69 Å². The van der Waals surface area contributed by atoms with Crippen molar-refractivity contribution in [3.8, 4) is 0 Å². The predicted octanol–water partition coefficient (Wildman–Crippen LogP) is 5.22. The van der Waals surface area contributed by atoms with Crippen molar-refractivity contribution in [3.63, 3.8) is 0 Å². The Morgan fingerprint density at radius 1 is 0.872 bits per heavy atom. The van der Waals surface area contributed by atoms with Gasteiger partial charge in [0.05, 0.1) is 10.6 Å². The summed E-state index contributed by atoms with van der Waals surface area (Å²) in [7, 11) is -4.08. The molecule has 208 valence electrons. The third-order valence-corrected chi connectivity index (χ3v) is 8.01. The van der Waals surface area contributed by atoms with Gasteiger partial charge in [-0.15, -0.1) is 0 Å². The van der Waals surface area contributed by atoms with Crippen LogP contribution in [-0.2, 0) is 26.2 Å². The molecule has 39 heavy (non-hydrogen) atoms. The van der Waals surface area contributed by atoms with Crippen molar-refractivity contribution in [3.05, 3.63) is 95.6 Å². The molecule has 0 spiro atoms. The van der Waals surface area contributed by atoms with Crippen LogP contribution in [0.5, 0.6) is 0 Å². The van der Waals surface area contributed by atoms with E-state index < -0.39 is 34.1 Å². The van der Waals surface area contributed by atoms with Crippen LogP contribution in [-0.4, -0.2) is 43.3 Å². The Hall–Kier alpha value is -3.65. The summed E-state index contributed by atoms with van der Waals surface area (Å²) in [6.07, 6.45) is 0.370. The summed E-state index contributed by atoms with van der Waals surface area (Å²) < 4.78 is 28.8. The summed E-state index contributed by atoms with van der Waals surface area (Å²) in [5.41, 5.74) is 2.64. The number of nitrogens with zero attached hydrogens (tertiary/aromatic N) is 2. The molecule has 0 aliphatic rings. The maximum atomic E-state index is 14.1. The van der Waals surface area contributed by atoms with Crippen LogP contribution in [0.1, 0.15) is 50.8 Å². The summed E-state index contributed by atoms with van der Waals surface area (Å²) in [4.78, 5) is 29.0. The first-order chi connectivity index (χ1) is 18.3. The van der Waals surface area contributed by atoms with Crippen LogP contribution < -0.4 is 9.62 Å². The van der Waals surface area contributed by atoms with Crippen molar-refractivity contribution in [1.82, 2.24) is 10.2 Å². The lowest BCUT2D eigenvalue weighted by molar-refractivity contribution is -0.141. The minimum Gasteiger partial charge on any atom is -0.350 e. The second kappa shape index (κ2) is 12.5. The van der Waals surface area contributed by atoms with E-state index in [9.17, 15) is 18.0 Å². The zero-order chi connectivity index (χ0) is 28.8. The molecule has 0 saturated carbocycles. The first kappa shape index (κ1) is 29.9. The lowest BCUT2D eigenvalue weighted by Crippen LogP contribution is -2.55. The Morgan fingerprint density at radius 2 is 1.49 bits per heavy atom. The van der Waals surface area contributed by atoms with Crippen LogP contribution in [0.3, 0.4) is 0 Å². The normalized spacial score (nSPS) is 12.5. The molecule has 0 radical (unpaired) electrons. The molecule has 1 unspecified atom stereocenters. The zero-order valence-electron chi connectivity index (χ0n) is 23.6. The molecule has 0 aliphatic carbocycles. The topological polar surface area (TPSA) is 86.8 Å². The number of anilines is 1. The summed E-state index contributed by atoms with van der Waals surface area (Å²) in [5, 5.41) is 2.99. The molecule has 2 amide bonds. The zero-order valence-corrected chi connectivity index (χ0v) is 24.5. The van der Waals surface area contributed by atoms with Gasteiger partial charge in [-0.05, 0) is 76.4 Å². The quantitative estimate of drug-likeness (QED) is 0.376. The van der Waals surface area contributed by atoms with Crippen molar-refractivity contribution < 1.29 is 18.0 Å². The van der Waals surface area contributed by atoms with Crippen molar-refractivity contribution in [2.45, 2.75) is 71.0 Å². The molecule has 0 saturated heterocycles. The number of carbonyl (C=O) groups excluding carboxylic acids is 2. The van der Waals surface area contributed by atoms with Crippen LogP contribution in [0.25, 0.3) is 0 Å². The fraction of sp³-hybridized carbons (Fsp3) is 0.355. The van der Waals surface area contributed by atoms with Gasteiger partial charge in [0.15, 0.2) is 0 Å². The minimum absolute atomic E-state index is 0.0852. The SMILES string of the molecule is CCC(C(=O)NC(C)(C)C)N(Cc1cccc(C)c1)C(=O)CN(c1cccc(C)c1)S(=O)(=O)c1ccccc1. The molecule has 8 heteroatoms. The summed E-state index contributed by atoms with van der Waals surface area (Å²) in [5.74, 6) is -0.743. The van der Waals surface area contributed by atoms with Crippen LogP contribution in [0.15, 0.2) is 83.8 Å². The van der Waals surface area contributed by atoms with E-state index in [0.29, 0.717) is 12.1 Å². The maximum absolute atomic E-state index is 14.1. The van der Waals surface area contributed by atoms with E-state index in [-0.39, 0.29) is 17.3 Å². The molecule has 0 fully saturated rings. The molecule has 3 aromatic carbocycles. The molecular weight excluding hydrogens is 510 g/mol. The number of carbonyl (C=O) groups is 2. The smallest absolute Gasteiger partial charge is 0.264 e. The van der Waals surface area contributed by atoms with Gasteiger partial charge in [-0.1, -0.05) is 67.1 Å². The third-order valence-electron chi connectivity index (χ3n) is 6.22. The number of sulfonamides is 1. The van der Waals surface area contributed by atoms with E-state index in [1.165, 1.54) is 17.0 Å². The molecule has 1 atom stereocenters. The third kappa shape index (κ3) is 7.93. The van der Waals surface area contributed by atoms with E-state index in [4.69, 9.17) is 0 Å². The molecule has 0 aromatic heterocycles. The van der Waals surface area contributed by atoms with Gasteiger partial charge in [0.2, 0.25) is 11.8 Å². The van der Waals surface area contributed by atoms with Gasteiger partial charge in [-0.25, -0.2) is 8.42 Å². The molecule has 3 rings (SSSR count). The maximum Gasteiger partial charge on any atom is 0.264 e. The van der Waals surface area contributed by atoms with Gasteiger partial charge in [0.25, 0.3) is 10.0 Å². The summed E-state index contributed by atoms with van der Waals surface area (Å²) in [6, 6.07) is 22.1. The minimum atomic E-state index is -4.08. The Balaban J connectivity index is 2.07. The van der Waals surface area contributed by atoms with Crippen molar-refractivity contribution >= 4 is 27.5 Å². The molecule has 7 nitrogen and oxygen atoms in total. The highest BCUT2D eigenvalue weighted by molar-refractivity contribution is 7.92. The van der Waals surface area contributed by atoms with E-state index in [2.05, 4.69) is 5.32 Å². The van der Waals surface area contributed by atoms with Crippen LogP contribution in [0.2, 0.25) is 0 Å². The van der Waals surface area contributed by atoms with E-state index in [1.54, 1.807) is 36.4 Å². The van der Waals surface area contributed by atoms with E-state index in [1.807, 2.05) is 71.9 Å². The van der Waals surface area contributed by atoms with Gasteiger partial charge in [0, 0.05) is 12.1 Å². The first-order valence-electron chi connectivity index (χ1n) is 13.1. The first-order valence-corrected chi connectivity index (χ1v) is 14.6. The summed E-state index contributed by atoms with van der Waals surface area (Å²) >= 11 is 0. The van der Waals surface area contributed by atoms with Crippen LogP contribution >= 0.6 is 0 Å². The summed E-state index contributed by atoms with van der Waals surface area (Å²) in [6.45, 7) is 11.1. The fourth-order valence-corrected chi connectivity index (χ4v) is 5.84. The van der Waals surface area contributed by atoms with Crippen LogP contribution in [0, 0.1) is 13.8 Å². The Bertz CT molecular complexity index is 1400. The number of hydrogen-bond acceptors (Lipinski definition) is 4. The van der Waals surface area contributed by atoms with Gasteiger partial charge in [-0.2, -0.15) is 0 Å². The standard InChI is InChI=1S/C31H39N3O4S/c1-7-28(30(36)32-31(4,5)6)33(21-25-15-11-13-23(2)19-25)29(35)22-34(26-16-12-14-24(3)20-26)39(37,38)27-17-9-8-10-18-27/h8-20,28H,7,21-22H2,1-6H3,(H,32,36). The monoisotopic (exact) mass is 549 g/mol. The highest BCUT2D eigenvalue weighted by Crippen LogP contribution is 2.25. The van der Waals surface area contributed by atoms with Gasteiger partial charge >= 0.3 is 0 Å². The predicted molar refractivity (Wildman–Crippen MR) is 156 cm³/mol. The number of aryl methyl sites for hydroxylation is 2. The number of rotatable bonds is 10. The molecular formula is C31H39N3O4S. The van der Waals surface area contributed by atoms with Crippen molar-refractivity contribution in [1.29, 1.82) is 0 Å². The number of amides is 2. The Labute approximate surface area is 232 Å². The largest absolute Gasteiger partial charge is 0.350 e. The van der Waals surface area contributed by atoms with Gasteiger partial charge < -0.3 is 10.2 Å². The highest BCUT2D eigenvalue weighted by atomic mass is 32.2. The van der Waals surface area contributed by atoms with Gasteiger partial charge in [-0.3, -0.25) is 13.9 Å². The Kier molecular flexibility index (Phi) is 9.56.